The van der Waals surface area contributed by atoms with Crippen molar-refractivity contribution in [2.24, 2.45) is 0 Å². The number of hydrogen-bond acceptors (Lipinski definition) is 3. The molecule has 0 atom stereocenters. The Morgan fingerprint density at radius 1 is 1.20 bits per heavy atom. The molecule has 3 nitrogen and oxygen atoms in total. The predicted octanol–water partition coefficient (Wildman–Crippen LogP) is 2.75. The highest BCUT2D eigenvalue weighted by atomic mass is 16.3. The fourth-order valence-electron chi connectivity index (χ4n) is 2.98. The molecule has 3 rings (SSSR count). The van der Waals surface area contributed by atoms with Crippen LogP contribution in [0.15, 0.2) is 30.3 Å². The van der Waals surface area contributed by atoms with Gasteiger partial charge in [0.15, 0.2) is 0 Å². The summed E-state index contributed by atoms with van der Waals surface area (Å²) in [5.41, 5.74) is 5.87. The number of fused-ring (bicyclic) bond motifs is 1. The second-order valence-electron chi connectivity index (χ2n) is 5.48. The molecular weight excluding hydrogens is 248 g/mol. The van der Waals surface area contributed by atoms with Crippen LogP contribution in [0.25, 0.3) is 0 Å². The van der Waals surface area contributed by atoms with Gasteiger partial charge in [-0.05, 0) is 43.0 Å². The molecule has 0 fully saturated rings. The van der Waals surface area contributed by atoms with Crippen molar-refractivity contribution in [3.8, 4) is 0 Å². The van der Waals surface area contributed by atoms with Crippen LogP contribution in [-0.2, 0) is 19.6 Å². The maximum Gasteiger partial charge on any atom is 0.134 e. The summed E-state index contributed by atoms with van der Waals surface area (Å²) in [7, 11) is 0. The first-order chi connectivity index (χ1) is 9.69. The highest BCUT2D eigenvalue weighted by Crippen LogP contribution is 2.28. The Bertz CT molecular complexity index is 637. The number of benzene rings is 1. The Morgan fingerprint density at radius 3 is 2.70 bits per heavy atom. The lowest BCUT2D eigenvalue weighted by atomic mass is 9.99. The zero-order chi connectivity index (χ0) is 14.1. The molecule has 1 aromatic carbocycles. The van der Waals surface area contributed by atoms with E-state index >= 15 is 0 Å². The second kappa shape index (κ2) is 5.25. The van der Waals surface area contributed by atoms with E-state index in [4.69, 9.17) is 0 Å². The van der Waals surface area contributed by atoms with Crippen LogP contribution in [0.5, 0.6) is 0 Å². The smallest absolute Gasteiger partial charge is 0.134 e. The molecule has 2 heterocycles. The number of anilines is 1. The Kier molecular flexibility index (Phi) is 3.45. The zero-order valence-electron chi connectivity index (χ0n) is 12.1. The summed E-state index contributed by atoms with van der Waals surface area (Å²) in [5, 5.41) is 9.65. The number of aromatic nitrogens is 1. The molecule has 0 amide bonds. The van der Waals surface area contributed by atoms with Gasteiger partial charge in [-0.25, -0.2) is 4.98 Å². The molecule has 104 valence electrons. The van der Waals surface area contributed by atoms with E-state index in [0.717, 1.165) is 42.1 Å². The molecule has 0 saturated carbocycles. The van der Waals surface area contributed by atoms with E-state index in [1.165, 1.54) is 11.1 Å². The lowest BCUT2D eigenvalue weighted by molar-refractivity contribution is 0.280. The van der Waals surface area contributed by atoms with E-state index in [2.05, 4.69) is 34.1 Å². The average Bonchev–Trinajstić information content (AvgIpc) is 2.46. The minimum atomic E-state index is 0.0482. The van der Waals surface area contributed by atoms with Gasteiger partial charge in [-0.15, -0.1) is 0 Å². The molecule has 0 unspecified atom stereocenters. The molecule has 0 saturated heterocycles. The van der Waals surface area contributed by atoms with Crippen LogP contribution in [0.4, 0.5) is 5.82 Å². The second-order valence-corrected chi connectivity index (χ2v) is 5.48. The first-order valence-corrected chi connectivity index (χ1v) is 7.08. The van der Waals surface area contributed by atoms with Crippen LogP contribution in [0.1, 0.15) is 27.9 Å². The van der Waals surface area contributed by atoms with Gasteiger partial charge < -0.3 is 10.0 Å². The number of pyridine rings is 1. The number of aliphatic hydroxyl groups excluding tert-OH is 1. The van der Waals surface area contributed by atoms with Gasteiger partial charge in [0.25, 0.3) is 0 Å². The molecule has 2 aromatic rings. The van der Waals surface area contributed by atoms with Gasteiger partial charge in [0, 0.05) is 24.3 Å². The molecule has 3 heteroatoms. The van der Waals surface area contributed by atoms with Crippen molar-refractivity contribution in [1.29, 1.82) is 0 Å². The molecule has 20 heavy (non-hydrogen) atoms. The molecule has 1 aliphatic heterocycles. The minimum Gasteiger partial charge on any atom is -0.392 e. The number of aryl methyl sites for hydroxylation is 2. The van der Waals surface area contributed by atoms with Crippen molar-refractivity contribution in [1.82, 2.24) is 4.98 Å². The van der Waals surface area contributed by atoms with Crippen LogP contribution < -0.4 is 4.90 Å². The van der Waals surface area contributed by atoms with Gasteiger partial charge in [0.05, 0.1) is 6.61 Å². The van der Waals surface area contributed by atoms with Crippen molar-refractivity contribution >= 4 is 5.82 Å². The maximum absolute atomic E-state index is 9.65. The van der Waals surface area contributed by atoms with E-state index in [-0.39, 0.29) is 6.61 Å². The third-order valence-electron chi connectivity index (χ3n) is 4.04. The largest absolute Gasteiger partial charge is 0.392 e. The van der Waals surface area contributed by atoms with E-state index < -0.39 is 0 Å². The molecular formula is C17H20N2O. The minimum absolute atomic E-state index is 0.0482. The molecule has 0 bridgehead atoms. The summed E-state index contributed by atoms with van der Waals surface area (Å²) in [6.45, 7) is 5.93. The van der Waals surface area contributed by atoms with Crippen LogP contribution in [-0.4, -0.2) is 16.6 Å². The number of aliphatic hydroxyl groups is 1. The fraction of sp³-hybridized carbons (Fsp3) is 0.353. The first-order valence-electron chi connectivity index (χ1n) is 7.08. The number of nitrogens with zero attached hydrogens (tertiary/aromatic N) is 2. The van der Waals surface area contributed by atoms with Crippen LogP contribution in [0, 0.1) is 13.8 Å². The number of hydrogen-bond donors (Lipinski definition) is 1. The van der Waals surface area contributed by atoms with Crippen molar-refractivity contribution in [3.63, 3.8) is 0 Å². The monoisotopic (exact) mass is 268 g/mol. The lowest BCUT2D eigenvalue weighted by Gasteiger charge is -2.31. The van der Waals surface area contributed by atoms with Crippen LogP contribution in [0.3, 0.4) is 0 Å². The third-order valence-corrected chi connectivity index (χ3v) is 4.04. The summed E-state index contributed by atoms with van der Waals surface area (Å²) in [6, 6.07) is 10.6. The first kappa shape index (κ1) is 13.1. The van der Waals surface area contributed by atoms with Gasteiger partial charge in [-0.3, -0.25) is 0 Å². The Hall–Kier alpha value is -1.87. The standard InChI is InChI=1S/C17H20N2O/c1-12-9-13(2)18-17(16(12)11-20)19-8-7-14-5-3-4-6-15(14)10-19/h3-6,9,20H,7-8,10-11H2,1-2H3. The summed E-state index contributed by atoms with van der Waals surface area (Å²) in [5.74, 6) is 0.944. The van der Waals surface area contributed by atoms with Crippen molar-refractivity contribution < 1.29 is 5.11 Å². The SMILES string of the molecule is Cc1cc(C)c(CO)c(N2CCc3ccccc3C2)n1. The van der Waals surface area contributed by atoms with E-state index in [1.54, 1.807) is 0 Å². The number of rotatable bonds is 2. The molecule has 0 radical (unpaired) electrons. The highest BCUT2D eigenvalue weighted by molar-refractivity contribution is 5.53. The predicted molar refractivity (Wildman–Crippen MR) is 80.8 cm³/mol. The quantitative estimate of drug-likeness (QED) is 0.910. The maximum atomic E-state index is 9.65. The summed E-state index contributed by atoms with van der Waals surface area (Å²) < 4.78 is 0. The van der Waals surface area contributed by atoms with Gasteiger partial charge in [-0.2, -0.15) is 0 Å². The molecule has 0 spiro atoms. The molecule has 0 aliphatic carbocycles. The molecule has 1 N–H and O–H groups in total. The normalized spacial score (nSPS) is 14.2. The zero-order valence-corrected chi connectivity index (χ0v) is 12.1. The van der Waals surface area contributed by atoms with Crippen molar-refractivity contribution in [2.45, 2.75) is 33.4 Å². The summed E-state index contributed by atoms with van der Waals surface area (Å²) >= 11 is 0. The summed E-state index contributed by atoms with van der Waals surface area (Å²) in [4.78, 5) is 6.95. The topological polar surface area (TPSA) is 36.4 Å². The van der Waals surface area contributed by atoms with Crippen molar-refractivity contribution in [2.75, 3.05) is 11.4 Å². The molecule has 1 aliphatic rings. The van der Waals surface area contributed by atoms with Gasteiger partial charge >= 0.3 is 0 Å². The van der Waals surface area contributed by atoms with Gasteiger partial charge in [0.2, 0.25) is 0 Å². The van der Waals surface area contributed by atoms with Crippen molar-refractivity contribution in [3.05, 3.63) is 58.3 Å². The van der Waals surface area contributed by atoms with E-state index in [0.29, 0.717) is 0 Å². The lowest BCUT2D eigenvalue weighted by Crippen LogP contribution is -2.32. The van der Waals surface area contributed by atoms with Gasteiger partial charge in [-0.1, -0.05) is 24.3 Å². The Labute approximate surface area is 119 Å². The fourth-order valence-corrected chi connectivity index (χ4v) is 2.98. The molecule has 1 aromatic heterocycles. The Balaban J connectivity index is 1.99. The van der Waals surface area contributed by atoms with Crippen LogP contribution in [0.2, 0.25) is 0 Å². The third kappa shape index (κ3) is 2.29. The highest BCUT2D eigenvalue weighted by Gasteiger charge is 2.20. The van der Waals surface area contributed by atoms with E-state index in [9.17, 15) is 5.11 Å². The van der Waals surface area contributed by atoms with E-state index in [1.807, 2.05) is 19.9 Å². The van der Waals surface area contributed by atoms with Crippen LogP contribution >= 0.6 is 0 Å². The Morgan fingerprint density at radius 2 is 1.95 bits per heavy atom. The summed E-state index contributed by atoms with van der Waals surface area (Å²) in [6.07, 6.45) is 1.04. The van der Waals surface area contributed by atoms with Gasteiger partial charge in [0.1, 0.15) is 5.82 Å². The average molecular weight is 268 g/mol.